The number of Topliss-reactive ketones (excluding diaryl/α,β-unsaturated/α-hetero) is 1. The minimum atomic E-state index is -2.11. The first-order valence-electron chi connectivity index (χ1n) is 14.1. The van der Waals surface area contributed by atoms with E-state index in [1.54, 1.807) is 39.0 Å². The van der Waals surface area contributed by atoms with Crippen LogP contribution in [0.1, 0.15) is 64.7 Å². The number of esters is 3. The molecule has 0 radical (unpaired) electrons. The SMILES string of the molecule is CC(=O)OC1C(=O)[C@@]2(C)[C@H]([C@H](OC(=O)c3ccccc3)[C@]3(O)C[C@H](O)C(C)=C1C3(C)C)[C@]1(OC(C)=O)CO[C@@H]1C[C@@H]2O. The number of benzene rings is 1. The monoisotopic (exact) mass is 586 g/mol. The van der Waals surface area contributed by atoms with E-state index in [1.165, 1.54) is 26.0 Å². The van der Waals surface area contributed by atoms with Crippen LogP contribution in [0.3, 0.4) is 0 Å². The summed E-state index contributed by atoms with van der Waals surface area (Å²) < 4.78 is 23.5. The van der Waals surface area contributed by atoms with Crippen LogP contribution < -0.4 is 0 Å². The topological polar surface area (TPSA) is 166 Å². The Kier molecular flexibility index (Phi) is 7.20. The van der Waals surface area contributed by atoms with E-state index >= 15 is 0 Å². The molecule has 1 aromatic rings. The van der Waals surface area contributed by atoms with Crippen molar-refractivity contribution >= 4 is 23.7 Å². The molecule has 1 saturated heterocycles. The predicted molar refractivity (Wildman–Crippen MR) is 145 cm³/mol. The Morgan fingerprint density at radius 2 is 1.64 bits per heavy atom. The maximum absolute atomic E-state index is 14.8. The third kappa shape index (κ3) is 4.08. The smallest absolute Gasteiger partial charge is 0.338 e. The van der Waals surface area contributed by atoms with Crippen LogP contribution in [-0.2, 0) is 33.3 Å². The highest BCUT2D eigenvalue weighted by molar-refractivity contribution is 5.95. The van der Waals surface area contributed by atoms with Crippen molar-refractivity contribution in [3.8, 4) is 0 Å². The second-order valence-corrected chi connectivity index (χ2v) is 12.8. The zero-order chi connectivity index (χ0) is 31.0. The van der Waals surface area contributed by atoms with Crippen LogP contribution in [0.25, 0.3) is 0 Å². The van der Waals surface area contributed by atoms with Crippen LogP contribution >= 0.6 is 0 Å². The summed E-state index contributed by atoms with van der Waals surface area (Å²) in [5, 5.41) is 35.8. The lowest BCUT2D eigenvalue weighted by Crippen LogP contribution is -2.81. The fourth-order valence-corrected chi connectivity index (χ4v) is 7.91. The number of rotatable bonds is 4. The molecule has 2 bridgehead atoms. The first-order valence-corrected chi connectivity index (χ1v) is 14.1. The molecular weight excluding hydrogens is 548 g/mol. The third-order valence-electron chi connectivity index (χ3n) is 10.2. The van der Waals surface area contributed by atoms with E-state index in [1.807, 2.05) is 0 Å². The molecule has 3 fully saturated rings. The number of carbonyl (C=O) groups is 4. The van der Waals surface area contributed by atoms with Crippen molar-refractivity contribution in [3.05, 3.63) is 47.0 Å². The number of carbonyl (C=O) groups excluding carboxylic acids is 4. The summed E-state index contributed by atoms with van der Waals surface area (Å²) in [6.45, 7) is 8.42. The van der Waals surface area contributed by atoms with Crippen molar-refractivity contribution in [3.63, 3.8) is 0 Å². The van der Waals surface area contributed by atoms with E-state index in [0.29, 0.717) is 5.57 Å². The first-order chi connectivity index (χ1) is 19.5. The molecule has 0 spiro atoms. The maximum Gasteiger partial charge on any atom is 0.338 e. The van der Waals surface area contributed by atoms with Gasteiger partial charge in [-0.05, 0) is 37.1 Å². The Balaban J connectivity index is 1.84. The molecule has 42 heavy (non-hydrogen) atoms. The molecule has 11 heteroatoms. The van der Waals surface area contributed by atoms with Gasteiger partial charge in [0.05, 0.1) is 35.7 Å². The molecular formula is C31H38O11. The highest BCUT2D eigenvalue weighted by Gasteiger charge is 2.78. The zero-order valence-corrected chi connectivity index (χ0v) is 24.6. The highest BCUT2D eigenvalue weighted by atomic mass is 16.6. The fourth-order valence-electron chi connectivity index (χ4n) is 7.91. The molecule has 228 valence electrons. The van der Waals surface area contributed by atoms with Crippen LogP contribution in [-0.4, -0.2) is 87.3 Å². The van der Waals surface area contributed by atoms with Gasteiger partial charge in [-0.3, -0.25) is 14.4 Å². The summed E-state index contributed by atoms with van der Waals surface area (Å²) in [6, 6.07) is 8.05. The molecule has 1 heterocycles. The van der Waals surface area contributed by atoms with Gasteiger partial charge in [0.1, 0.15) is 17.8 Å². The van der Waals surface area contributed by atoms with E-state index in [2.05, 4.69) is 0 Å². The molecule has 0 aromatic heterocycles. The van der Waals surface area contributed by atoms with Gasteiger partial charge in [-0.2, -0.15) is 0 Å². The van der Waals surface area contributed by atoms with Crippen LogP contribution in [0.15, 0.2) is 41.5 Å². The van der Waals surface area contributed by atoms with Crippen LogP contribution in [0.2, 0.25) is 0 Å². The number of ether oxygens (including phenoxy) is 4. The lowest BCUT2D eigenvalue weighted by molar-refractivity contribution is -0.345. The van der Waals surface area contributed by atoms with Crippen molar-refractivity contribution < 1.29 is 53.4 Å². The van der Waals surface area contributed by atoms with Gasteiger partial charge in [0.15, 0.2) is 17.5 Å². The van der Waals surface area contributed by atoms with Crippen molar-refractivity contribution in [2.45, 2.75) is 96.1 Å². The largest absolute Gasteiger partial charge is 0.455 e. The molecule has 9 atom stereocenters. The molecule has 1 aromatic carbocycles. The Morgan fingerprint density at radius 1 is 1.00 bits per heavy atom. The quantitative estimate of drug-likeness (QED) is 0.267. The average molecular weight is 587 g/mol. The summed E-state index contributed by atoms with van der Waals surface area (Å²) in [4.78, 5) is 53.4. The lowest BCUT2D eigenvalue weighted by Gasteiger charge is -2.67. The second-order valence-electron chi connectivity index (χ2n) is 12.8. The van der Waals surface area contributed by atoms with Crippen molar-refractivity contribution in [2.75, 3.05) is 6.61 Å². The van der Waals surface area contributed by atoms with Crippen LogP contribution in [0.4, 0.5) is 0 Å². The standard InChI is InChI=1S/C31H38O11/c1-15-19(34)13-31(38)26(41-27(37)18-10-8-7-9-11-18)24-29(6,20(35)12-21-30(24,14-39-21)42-17(3)33)25(36)23(40-16(2)32)22(15)28(31,4)5/h7-11,19-21,23-24,26,34-35,38H,12-14H2,1-6H3/t19-,20-,21+,23?,24-,26-,29+,30-,31+/m0/s1. The van der Waals surface area contributed by atoms with E-state index in [0.717, 1.165) is 6.92 Å². The van der Waals surface area contributed by atoms with Gasteiger partial charge < -0.3 is 34.3 Å². The number of aliphatic hydroxyl groups excluding tert-OH is 2. The molecule has 5 rings (SSSR count). The molecule has 4 aliphatic rings. The Hall–Kier alpha value is -3.12. The molecule has 2 saturated carbocycles. The zero-order valence-electron chi connectivity index (χ0n) is 24.6. The molecule has 3 aliphatic carbocycles. The normalized spacial score (nSPS) is 40.4. The minimum absolute atomic E-state index is 0.110. The Labute approximate surface area is 243 Å². The second kappa shape index (κ2) is 9.97. The number of hydrogen-bond donors (Lipinski definition) is 3. The number of aliphatic hydroxyl groups is 3. The summed E-state index contributed by atoms with van der Waals surface area (Å²) >= 11 is 0. The maximum atomic E-state index is 14.8. The Morgan fingerprint density at radius 3 is 2.19 bits per heavy atom. The molecule has 0 amide bonds. The summed E-state index contributed by atoms with van der Waals surface area (Å²) in [5.74, 6) is -4.41. The minimum Gasteiger partial charge on any atom is -0.455 e. The Bertz CT molecular complexity index is 1350. The molecule has 11 nitrogen and oxygen atoms in total. The average Bonchev–Trinajstić information content (AvgIpc) is 2.90. The van der Waals surface area contributed by atoms with Gasteiger partial charge in [0.25, 0.3) is 0 Å². The predicted octanol–water partition coefficient (Wildman–Crippen LogP) is 1.65. The summed E-state index contributed by atoms with van der Waals surface area (Å²) in [6.07, 6.45) is -7.27. The van der Waals surface area contributed by atoms with E-state index in [4.69, 9.17) is 18.9 Å². The van der Waals surface area contributed by atoms with Gasteiger partial charge >= 0.3 is 17.9 Å². The van der Waals surface area contributed by atoms with Crippen molar-refractivity contribution in [2.24, 2.45) is 16.7 Å². The lowest BCUT2D eigenvalue weighted by atomic mass is 9.44. The molecule has 3 N–H and O–H groups in total. The highest BCUT2D eigenvalue weighted by Crippen LogP contribution is 2.64. The molecule has 1 unspecified atom stereocenters. The van der Waals surface area contributed by atoms with Crippen molar-refractivity contribution in [1.82, 2.24) is 0 Å². The van der Waals surface area contributed by atoms with Crippen LogP contribution in [0, 0.1) is 16.7 Å². The third-order valence-corrected chi connectivity index (χ3v) is 10.2. The summed E-state index contributed by atoms with van der Waals surface area (Å²) in [7, 11) is 0. The van der Waals surface area contributed by atoms with Gasteiger partial charge in [-0.1, -0.05) is 32.0 Å². The van der Waals surface area contributed by atoms with Gasteiger partial charge in [-0.15, -0.1) is 0 Å². The number of hydrogen-bond acceptors (Lipinski definition) is 11. The van der Waals surface area contributed by atoms with E-state index in [-0.39, 0.29) is 30.6 Å². The fraction of sp³-hybridized carbons (Fsp3) is 0.613. The van der Waals surface area contributed by atoms with Gasteiger partial charge in [0, 0.05) is 32.1 Å². The van der Waals surface area contributed by atoms with Gasteiger partial charge in [0.2, 0.25) is 0 Å². The molecule has 1 aliphatic heterocycles. The number of ketones is 1. The first kappa shape index (κ1) is 30.3. The van der Waals surface area contributed by atoms with Crippen molar-refractivity contribution in [1.29, 1.82) is 0 Å². The number of fused-ring (bicyclic) bond motifs is 5. The van der Waals surface area contributed by atoms with E-state index in [9.17, 15) is 34.5 Å². The van der Waals surface area contributed by atoms with Crippen LogP contribution in [0.5, 0.6) is 0 Å². The van der Waals surface area contributed by atoms with Gasteiger partial charge in [-0.25, -0.2) is 4.79 Å². The summed E-state index contributed by atoms with van der Waals surface area (Å²) in [5.41, 5.74) is -6.38. The van der Waals surface area contributed by atoms with E-state index < -0.39 is 82.2 Å².